The molecule has 21 heavy (non-hydrogen) atoms. The molecule has 0 spiro atoms. The average molecular weight is 330 g/mol. The van der Waals surface area contributed by atoms with Crippen LogP contribution in [0.15, 0.2) is 41.3 Å². The molecule has 2 aromatic rings. The van der Waals surface area contributed by atoms with E-state index in [9.17, 15) is 12.8 Å². The van der Waals surface area contributed by atoms with Crippen LogP contribution in [0.2, 0.25) is 5.02 Å². The molecule has 4 nitrogen and oxygen atoms in total. The molecule has 7 heteroatoms. The number of methoxy groups -OCH3 is 1. The molecule has 0 bridgehead atoms. The van der Waals surface area contributed by atoms with Crippen molar-refractivity contribution in [2.24, 2.45) is 0 Å². The van der Waals surface area contributed by atoms with Crippen LogP contribution in [-0.2, 0) is 10.0 Å². The highest BCUT2D eigenvalue weighted by Gasteiger charge is 2.17. The Kier molecular flexibility index (Phi) is 4.39. The summed E-state index contributed by atoms with van der Waals surface area (Å²) in [5.74, 6) is -0.769. The van der Waals surface area contributed by atoms with Gasteiger partial charge in [0.25, 0.3) is 10.0 Å². The lowest BCUT2D eigenvalue weighted by atomic mass is 10.2. The second-order valence-electron chi connectivity index (χ2n) is 4.37. The van der Waals surface area contributed by atoms with Crippen molar-refractivity contribution in [1.82, 2.24) is 0 Å². The van der Waals surface area contributed by atoms with E-state index < -0.39 is 15.8 Å². The van der Waals surface area contributed by atoms with Gasteiger partial charge >= 0.3 is 0 Å². The van der Waals surface area contributed by atoms with E-state index in [2.05, 4.69) is 4.72 Å². The van der Waals surface area contributed by atoms with Crippen molar-refractivity contribution < 1.29 is 17.5 Å². The fraction of sp³-hybridized carbons (Fsp3) is 0.143. The van der Waals surface area contributed by atoms with Crippen molar-refractivity contribution in [3.8, 4) is 5.75 Å². The van der Waals surface area contributed by atoms with Gasteiger partial charge in [0, 0.05) is 5.02 Å². The van der Waals surface area contributed by atoms with Gasteiger partial charge in [0.05, 0.1) is 17.7 Å². The highest BCUT2D eigenvalue weighted by Crippen LogP contribution is 2.25. The van der Waals surface area contributed by atoms with Gasteiger partial charge < -0.3 is 4.74 Å². The van der Waals surface area contributed by atoms with E-state index in [1.165, 1.54) is 25.3 Å². The van der Waals surface area contributed by atoms with Crippen LogP contribution in [0.3, 0.4) is 0 Å². The molecular weight excluding hydrogens is 317 g/mol. The maximum absolute atomic E-state index is 13.6. The number of aryl methyl sites for hydroxylation is 1. The first kappa shape index (κ1) is 15.6. The Bertz CT molecular complexity index is 778. The first-order valence-corrected chi connectivity index (χ1v) is 7.82. The van der Waals surface area contributed by atoms with Gasteiger partial charge in [0.1, 0.15) is 0 Å². The van der Waals surface area contributed by atoms with E-state index >= 15 is 0 Å². The Morgan fingerprint density at radius 3 is 2.48 bits per heavy atom. The van der Waals surface area contributed by atoms with Crippen molar-refractivity contribution in [3.05, 3.63) is 52.8 Å². The summed E-state index contributed by atoms with van der Waals surface area (Å²) in [5.41, 5.74) is 1.14. The Morgan fingerprint density at radius 2 is 1.90 bits per heavy atom. The van der Waals surface area contributed by atoms with Gasteiger partial charge in [-0.15, -0.1) is 0 Å². The molecule has 0 radical (unpaired) electrons. The summed E-state index contributed by atoms with van der Waals surface area (Å²) >= 11 is 5.94. The molecule has 0 heterocycles. The number of hydrogen-bond donors (Lipinski definition) is 1. The molecule has 0 aromatic heterocycles. The number of anilines is 1. The van der Waals surface area contributed by atoms with Crippen molar-refractivity contribution in [1.29, 1.82) is 0 Å². The number of benzene rings is 2. The fourth-order valence-electron chi connectivity index (χ4n) is 1.68. The molecule has 0 aliphatic heterocycles. The van der Waals surface area contributed by atoms with Gasteiger partial charge in [0.15, 0.2) is 11.6 Å². The highest BCUT2D eigenvalue weighted by molar-refractivity contribution is 7.92. The molecule has 2 aromatic carbocycles. The lowest BCUT2D eigenvalue weighted by Crippen LogP contribution is -2.13. The molecule has 0 saturated heterocycles. The van der Waals surface area contributed by atoms with Gasteiger partial charge in [-0.3, -0.25) is 4.72 Å². The summed E-state index contributed by atoms with van der Waals surface area (Å²) in [7, 11) is -2.59. The summed E-state index contributed by atoms with van der Waals surface area (Å²) in [6.07, 6.45) is 0. The fourth-order valence-corrected chi connectivity index (χ4v) is 2.93. The molecule has 0 aliphatic rings. The summed E-state index contributed by atoms with van der Waals surface area (Å²) in [6, 6.07) is 8.19. The van der Waals surface area contributed by atoms with Crippen molar-refractivity contribution in [2.75, 3.05) is 11.8 Å². The van der Waals surface area contributed by atoms with Crippen molar-refractivity contribution in [3.63, 3.8) is 0 Å². The maximum atomic E-state index is 13.6. The van der Waals surface area contributed by atoms with Gasteiger partial charge in [0.2, 0.25) is 0 Å². The number of sulfonamides is 1. The zero-order valence-corrected chi connectivity index (χ0v) is 12.9. The van der Waals surface area contributed by atoms with E-state index in [1.807, 2.05) is 0 Å². The lowest BCUT2D eigenvalue weighted by molar-refractivity contribution is 0.385. The topological polar surface area (TPSA) is 55.4 Å². The normalized spacial score (nSPS) is 11.2. The molecular formula is C14H13ClFNO3S. The second-order valence-corrected chi connectivity index (χ2v) is 6.46. The molecule has 0 fully saturated rings. The largest absolute Gasteiger partial charge is 0.494 e. The third-order valence-corrected chi connectivity index (χ3v) is 4.64. The smallest absolute Gasteiger partial charge is 0.262 e. The molecule has 0 aliphatic carbocycles. The number of hydrogen-bond acceptors (Lipinski definition) is 3. The SMILES string of the molecule is COc1ccc(S(=O)(=O)Nc2ccc(C)c(Cl)c2)cc1F. The summed E-state index contributed by atoms with van der Waals surface area (Å²) < 4.78 is 45.1. The van der Waals surface area contributed by atoms with Crippen LogP contribution < -0.4 is 9.46 Å². The summed E-state index contributed by atoms with van der Waals surface area (Å²) in [6.45, 7) is 1.81. The summed E-state index contributed by atoms with van der Waals surface area (Å²) in [5, 5.41) is 0.441. The van der Waals surface area contributed by atoms with E-state index in [1.54, 1.807) is 19.1 Å². The average Bonchev–Trinajstić information content (AvgIpc) is 2.42. The Labute approximate surface area is 127 Å². The van der Waals surface area contributed by atoms with Gasteiger partial charge in [-0.2, -0.15) is 0 Å². The van der Waals surface area contributed by atoms with Crippen LogP contribution in [0.5, 0.6) is 5.75 Å². The number of rotatable bonds is 4. The summed E-state index contributed by atoms with van der Waals surface area (Å²) in [4.78, 5) is -0.197. The van der Waals surface area contributed by atoms with E-state index in [0.29, 0.717) is 10.7 Å². The van der Waals surface area contributed by atoms with E-state index in [-0.39, 0.29) is 10.6 Å². The molecule has 0 amide bonds. The molecule has 2 rings (SSSR count). The van der Waals surface area contributed by atoms with E-state index in [4.69, 9.17) is 16.3 Å². The van der Waals surface area contributed by atoms with Gasteiger partial charge in [-0.05, 0) is 42.8 Å². The monoisotopic (exact) mass is 329 g/mol. The molecule has 0 atom stereocenters. The lowest BCUT2D eigenvalue weighted by Gasteiger charge is -2.10. The van der Waals surface area contributed by atoms with Crippen LogP contribution in [0.4, 0.5) is 10.1 Å². The third-order valence-electron chi connectivity index (χ3n) is 2.86. The third kappa shape index (κ3) is 3.46. The minimum Gasteiger partial charge on any atom is -0.494 e. The van der Waals surface area contributed by atoms with Crippen LogP contribution in [-0.4, -0.2) is 15.5 Å². The number of halogens is 2. The standard InChI is InChI=1S/C14H13ClFNO3S/c1-9-3-4-10(7-12(9)15)17-21(18,19)11-5-6-14(20-2)13(16)8-11/h3-8,17H,1-2H3. The molecule has 0 saturated carbocycles. The van der Waals surface area contributed by atoms with Gasteiger partial charge in [-0.1, -0.05) is 17.7 Å². The Hall–Kier alpha value is -1.79. The molecule has 112 valence electrons. The molecule has 0 unspecified atom stereocenters. The number of nitrogens with one attached hydrogen (secondary N) is 1. The first-order valence-electron chi connectivity index (χ1n) is 5.96. The highest BCUT2D eigenvalue weighted by atomic mass is 35.5. The minimum absolute atomic E-state index is 0.0210. The van der Waals surface area contributed by atoms with Crippen molar-refractivity contribution >= 4 is 27.3 Å². The minimum atomic E-state index is -3.89. The first-order chi connectivity index (χ1) is 9.83. The Balaban J connectivity index is 2.33. The zero-order chi connectivity index (χ0) is 15.6. The maximum Gasteiger partial charge on any atom is 0.262 e. The van der Waals surface area contributed by atoms with Crippen LogP contribution >= 0.6 is 11.6 Å². The second kappa shape index (κ2) is 5.91. The van der Waals surface area contributed by atoms with Crippen LogP contribution in [0, 0.1) is 12.7 Å². The van der Waals surface area contributed by atoms with Crippen molar-refractivity contribution in [2.45, 2.75) is 11.8 Å². The predicted octanol–water partition coefficient (Wildman–Crippen LogP) is 3.60. The zero-order valence-electron chi connectivity index (χ0n) is 11.4. The predicted molar refractivity (Wildman–Crippen MR) is 79.9 cm³/mol. The number of ether oxygens (including phenoxy) is 1. The molecule has 1 N–H and O–H groups in total. The van der Waals surface area contributed by atoms with E-state index in [0.717, 1.165) is 11.6 Å². The van der Waals surface area contributed by atoms with Gasteiger partial charge in [-0.25, -0.2) is 12.8 Å². The Morgan fingerprint density at radius 1 is 1.19 bits per heavy atom. The quantitative estimate of drug-likeness (QED) is 0.932. The van der Waals surface area contributed by atoms with Crippen LogP contribution in [0.25, 0.3) is 0 Å². The van der Waals surface area contributed by atoms with Crippen LogP contribution in [0.1, 0.15) is 5.56 Å².